The molecule has 0 fully saturated rings. The Morgan fingerprint density at radius 2 is 2.12 bits per heavy atom. The summed E-state index contributed by atoms with van der Waals surface area (Å²) < 4.78 is 4.73. The van der Waals surface area contributed by atoms with E-state index < -0.39 is 5.97 Å². The highest BCUT2D eigenvalue weighted by molar-refractivity contribution is 5.93. The molecule has 4 nitrogen and oxygen atoms in total. The predicted molar refractivity (Wildman–Crippen MR) is 65.1 cm³/mol. The van der Waals surface area contributed by atoms with Gasteiger partial charge < -0.3 is 10.1 Å². The van der Waals surface area contributed by atoms with Gasteiger partial charge in [0.15, 0.2) is 5.57 Å². The quantitative estimate of drug-likeness (QED) is 0.490. The zero-order valence-corrected chi connectivity index (χ0v) is 9.86. The monoisotopic (exact) mass is 230 g/mol. The fraction of sp³-hybridized carbons (Fsp3) is 0.231. The van der Waals surface area contributed by atoms with Gasteiger partial charge in [0, 0.05) is 11.9 Å². The van der Waals surface area contributed by atoms with Crippen LogP contribution in [0.1, 0.15) is 12.5 Å². The van der Waals surface area contributed by atoms with Crippen molar-refractivity contribution >= 4 is 11.7 Å². The summed E-state index contributed by atoms with van der Waals surface area (Å²) in [5, 5.41) is 11.7. The molecule has 0 aliphatic carbocycles. The highest BCUT2D eigenvalue weighted by atomic mass is 16.5. The molecular formula is C13H14N2O2. The van der Waals surface area contributed by atoms with Crippen LogP contribution >= 0.6 is 0 Å². The number of nitriles is 1. The molecule has 0 radical (unpaired) electrons. The van der Waals surface area contributed by atoms with Crippen LogP contribution < -0.4 is 5.32 Å². The highest BCUT2D eigenvalue weighted by Crippen LogP contribution is 2.09. The number of hydrogen-bond acceptors (Lipinski definition) is 4. The molecule has 0 aromatic heterocycles. The van der Waals surface area contributed by atoms with Gasteiger partial charge in [-0.2, -0.15) is 5.26 Å². The number of nitrogens with zero attached hydrogens (tertiary/aromatic N) is 1. The maximum Gasteiger partial charge on any atom is 0.350 e. The van der Waals surface area contributed by atoms with E-state index in [0.29, 0.717) is 0 Å². The van der Waals surface area contributed by atoms with Crippen LogP contribution in [0, 0.1) is 18.3 Å². The molecule has 4 heteroatoms. The highest BCUT2D eigenvalue weighted by Gasteiger charge is 2.08. The first-order valence-corrected chi connectivity index (χ1v) is 5.28. The van der Waals surface area contributed by atoms with Crippen LogP contribution in [0.3, 0.4) is 0 Å². The van der Waals surface area contributed by atoms with E-state index >= 15 is 0 Å². The first kappa shape index (κ1) is 12.8. The second-order valence-electron chi connectivity index (χ2n) is 3.40. The average molecular weight is 230 g/mol. The van der Waals surface area contributed by atoms with Crippen LogP contribution in [0.15, 0.2) is 36.0 Å². The average Bonchev–Trinajstić information content (AvgIpc) is 2.32. The Morgan fingerprint density at radius 3 is 2.65 bits per heavy atom. The lowest BCUT2D eigenvalue weighted by molar-refractivity contribution is -0.138. The predicted octanol–water partition coefficient (Wildman–Crippen LogP) is 2.38. The number of aryl methyl sites for hydroxylation is 1. The second kappa shape index (κ2) is 6.33. The summed E-state index contributed by atoms with van der Waals surface area (Å²) in [6.45, 7) is 3.93. The minimum atomic E-state index is -0.616. The second-order valence-corrected chi connectivity index (χ2v) is 3.40. The summed E-state index contributed by atoms with van der Waals surface area (Å²) in [5.74, 6) is -0.616. The SMILES string of the molecule is CCOC(=O)C(C#N)=CNc1ccc(C)cc1. The van der Waals surface area contributed by atoms with Crippen LogP contribution in [0.5, 0.6) is 0 Å². The largest absolute Gasteiger partial charge is 0.462 e. The Kier molecular flexibility index (Phi) is 4.77. The zero-order valence-electron chi connectivity index (χ0n) is 9.86. The summed E-state index contributed by atoms with van der Waals surface area (Å²) >= 11 is 0. The molecule has 1 rings (SSSR count). The number of carbonyl (C=O) groups excluding carboxylic acids is 1. The maximum absolute atomic E-state index is 11.3. The summed E-state index contributed by atoms with van der Waals surface area (Å²) in [5.41, 5.74) is 1.91. The number of carbonyl (C=O) groups is 1. The Bertz CT molecular complexity index is 455. The van der Waals surface area contributed by atoms with E-state index in [1.165, 1.54) is 6.20 Å². The van der Waals surface area contributed by atoms with Crippen molar-refractivity contribution in [2.24, 2.45) is 0 Å². The first-order chi connectivity index (χ1) is 8.17. The summed E-state index contributed by atoms with van der Waals surface area (Å²) in [4.78, 5) is 11.3. The van der Waals surface area contributed by atoms with Gasteiger partial charge in [-0.3, -0.25) is 0 Å². The summed E-state index contributed by atoms with van der Waals surface area (Å²) in [6, 6.07) is 9.40. The molecule has 1 aromatic carbocycles. The van der Waals surface area contributed by atoms with Gasteiger partial charge in [-0.1, -0.05) is 17.7 Å². The molecule has 0 atom stereocenters. The Labute approximate surface area is 101 Å². The molecule has 0 amide bonds. The molecule has 0 unspecified atom stereocenters. The number of rotatable bonds is 4. The third kappa shape index (κ3) is 3.99. The third-order valence-corrected chi connectivity index (χ3v) is 2.05. The van der Waals surface area contributed by atoms with Crippen molar-refractivity contribution in [3.8, 4) is 6.07 Å². The van der Waals surface area contributed by atoms with Crippen LogP contribution in [0.4, 0.5) is 5.69 Å². The number of benzene rings is 1. The van der Waals surface area contributed by atoms with Crippen LogP contribution in [0.25, 0.3) is 0 Å². The van der Waals surface area contributed by atoms with E-state index in [-0.39, 0.29) is 12.2 Å². The fourth-order valence-electron chi connectivity index (χ4n) is 1.15. The molecule has 17 heavy (non-hydrogen) atoms. The first-order valence-electron chi connectivity index (χ1n) is 5.28. The maximum atomic E-state index is 11.3. The number of esters is 1. The van der Waals surface area contributed by atoms with Gasteiger partial charge >= 0.3 is 5.97 Å². The van der Waals surface area contributed by atoms with E-state index in [4.69, 9.17) is 10.00 Å². The molecule has 88 valence electrons. The van der Waals surface area contributed by atoms with E-state index in [1.54, 1.807) is 13.0 Å². The fourth-order valence-corrected chi connectivity index (χ4v) is 1.15. The van der Waals surface area contributed by atoms with Crippen LogP contribution in [0.2, 0.25) is 0 Å². The van der Waals surface area contributed by atoms with E-state index in [1.807, 2.05) is 31.2 Å². The van der Waals surface area contributed by atoms with Gasteiger partial charge in [-0.05, 0) is 26.0 Å². The zero-order chi connectivity index (χ0) is 12.7. The molecule has 0 aliphatic rings. The van der Waals surface area contributed by atoms with Gasteiger partial charge in [-0.25, -0.2) is 4.79 Å². The molecule has 1 aromatic rings. The molecule has 1 N–H and O–H groups in total. The standard InChI is InChI=1S/C13H14N2O2/c1-3-17-13(16)11(8-14)9-15-12-6-4-10(2)5-7-12/h4-7,9,15H,3H2,1-2H3. The molecule has 0 spiro atoms. The van der Waals surface area contributed by atoms with Crippen molar-refractivity contribution in [2.45, 2.75) is 13.8 Å². The molecular weight excluding hydrogens is 216 g/mol. The van der Waals surface area contributed by atoms with Crippen LogP contribution in [-0.4, -0.2) is 12.6 Å². The summed E-state index contributed by atoms with van der Waals surface area (Å²) in [7, 11) is 0. The van der Waals surface area contributed by atoms with Crippen LogP contribution in [-0.2, 0) is 9.53 Å². The van der Waals surface area contributed by atoms with Gasteiger partial charge in [0.2, 0.25) is 0 Å². The molecule has 0 heterocycles. The lowest BCUT2D eigenvalue weighted by Gasteiger charge is -2.03. The molecule has 0 saturated carbocycles. The van der Waals surface area contributed by atoms with Gasteiger partial charge in [0.1, 0.15) is 6.07 Å². The minimum absolute atomic E-state index is 0.0487. The van der Waals surface area contributed by atoms with Gasteiger partial charge in [-0.15, -0.1) is 0 Å². The van der Waals surface area contributed by atoms with Gasteiger partial charge in [0.05, 0.1) is 6.61 Å². The Hall–Kier alpha value is -2.28. The molecule has 0 saturated heterocycles. The van der Waals surface area contributed by atoms with Crippen molar-refractivity contribution in [2.75, 3.05) is 11.9 Å². The van der Waals surface area contributed by atoms with Crippen molar-refractivity contribution in [1.82, 2.24) is 0 Å². The summed E-state index contributed by atoms with van der Waals surface area (Å²) in [6.07, 6.45) is 1.35. The Morgan fingerprint density at radius 1 is 1.47 bits per heavy atom. The molecule has 0 aliphatic heterocycles. The lowest BCUT2D eigenvalue weighted by Crippen LogP contribution is -2.07. The van der Waals surface area contributed by atoms with Crippen molar-refractivity contribution in [1.29, 1.82) is 5.26 Å². The van der Waals surface area contributed by atoms with Crippen molar-refractivity contribution in [3.05, 3.63) is 41.6 Å². The normalized spacial score (nSPS) is 10.5. The number of nitrogens with one attached hydrogen (secondary N) is 1. The van der Waals surface area contributed by atoms with Gasteiger partial charge in [0.25, 0.3) is 0 Å². The third-order valence-electron chi connectivity index (χ3n) is 2.05. The van der Waals surface area contributed by atoms with Crippen molar-refractivity contribution < 1.29 is 9.53 Å². The van der Waals surface area contributed by atoms with Crippen molar-refractivity contribution in [3.63, 3.8) is 0 Å². The topological polar surface area (TPSA) is 62.1 Å². The number of hydrogen-bond donors (Lipinski definition) is 1. The minimum Gasteiger partial charge on any atom is -0.462 e. The lowest BCUT2D eigenvalue weighted by atomic mass is 10.2. The van der Waals surface area contributed by atoms with E-state index in [9.17, 15) is 4.79 Å². The van der Waals surface area contributed by atoms with E-state index in [0.717, 1.165) is 11.3 Å². The smallest absolute Gasteiger partial charge is 0.350 e. The number of anilines is 1. The number of ether oxygens (including phenoxy) is 1. The van der Waals surface area contributed by atoms with E-state index in [2.05, 4.69) is 5.32 Å². The molecule has 0 bridgehead atoms. The Balaban J connectivity index is 2.71.